The van der Waals surface area contributed by atoms with Crippen LogP contribution in [0.15, 0.2) is 47.4 Å². The van der Waals surface area contributed by atoms with Crippen molar-refractivity contribution in [3.05, 3.63) is 69.2 Å². The summed E-state index contributed by atoms with van der Waals surface area (Å²) >= 11 is 6.15. The lowest BCUT2D eigenvalue weighted by Crippen LogP contribution is -2.55. The summed E-state index contributed by atoms with van der Waals surface area (Å²) in [4.78, 5) is 54.2. The summed E-state index contributed by atoms with van der Waals surface area (Å²) in [6.45, 7) is 3.79. The van der Waals surface area contributed by atoms with E-state index in [0.717, 1.165) is 55.7 Å². The van der Waals surface area contributed by atoms with Crippen LogP contribution in [-0.4, -0.2) is 93.5 Å². The molecule has 3 aliphatic heterocycles. The van der Waals surface area contributed by atoms with Gasteiger partial charge in [0, 0.05) is 44.0 Å². The highest BCUT2D eigenvalue weighted by Gasteiger charge is 2.37. The number of urea groups is 1. The molecule has 52 heavy (non-hydrogen) atoms. The van der Waals surface area contributed by atoms with Crippen molar-refractivity contribution in [3.8, 4) is 0 Å². The molecule has 3 fully saturated rings. The molecule has 4 N–H and O–H groups in total. The average Bonchev–Trinajstić information content (AvgIpc) is 3.48. The monoisotopic (exact) mass is 740 g/mol. The zero-order valence-corrected chi connectivity index (χ0v) is 29.8. The fraction of sp³-hybridized carbons (Fsp3) is 0.514. The first-order valence-electron chi connectivity index (χ1n) is 18.0. The molecule has 5 heterocycles. The number of nitrogens with one attached hydrogen (secondary N) is 2. The first-order chi connectivity index (χ1) is 24.9. The van der Waals surface area contributed by atoms with Gasteiger partial charge in [-0.3, -0.25) is 14.3 Å². The zero-order valence-electron chi connectivity index (χ0n) is 29.1. The lowest BCUT2D eigenvalue weighted by molar-refractivity contribution is -0.137. The summed E-state index contributed by atoms with van der Waals surface area (Å²) in [7, 11) is 2.13. The highest BCUT2D eigenvalue weighted by atomic mass is 35.5. The number of carbonyl (C=O) groups excluding carboxylic acids is 2. The van der Waals surface area contributed by atoms with E-state index < -0.39 is 29.5 Å². The molecule has 278 valence electrons. The number of amides is 3. The second kappa shape index (κ2) is 14.6. The maximum atomic E-state index is 14.1. The minimum Gasteiger partial charge on any atom is -0.397 e. The fourth-order valence-electron chi connectivity index (χ4n) is 8.43. The van der Waals surface area contributed by atoms with Crippen LogP contribution in [0.5, 0.6) is 0 Å². The van der Waals surface area contributed by atoms with Crippen LogP contribution in [0.4, 0.5) is 23.7 Å². The highest BCUT2D eigenvalue weighted by Crippen LogP contribution is 2.38. The molecule has 0 radical (unpaired) electrons. The van der Waals surface area contributed by atoms with Crippen LogP contribution < -0.4 is 16.7 Å². The molecule has 0 unspecified atom stereocenters. The summed E-state index contributed by atoms with van der Waals surface area (Å²) in [6, 6.07) is 8.01. The molecule has 0 aliphatic carbocycles. The van der Waals surface area contributed by atoms with Gasteiger partial charge in [-0.1, -0.05) is 29.8 Å². The van der Waals surface area contributed by atoms with Crippen LogP contribution in [0.25, 0.3) is 21.9 Å². The molecular formula is C37H44ClF3N8O3. The smallest absolute Gasteiger partial charge is 0.397 e. The number of carbonyl (C=O) groups is 2. The van der Waals surface area contributed by atoms with E-state index in [1.165, 1.54) is 6.07 Å². The third kappa shape index (κ3) is 7.32. The van der Waals surface area contributed by atoms with Crippen molar-refractivity contribution >= 4 is 51.2 Å². The van der Waals surface area contributed by atoms with Gasteiger partial charge in [0.15, 0.2) is 0 Å². The number of likely N-dealkylation sites (tertiary alicyclic amines) is 3. The van der Waals surface area contributed by atoms with Crippen molar-refractivity contribution in [1.82, 2.24) is 34.6 Å². The van der Waals surface area contributed by atoms with Crippen LogP contribution in [0.3, 0.4) is 0 Å². The Morgan fingerprint density at radius 1 is 0.981 bits per heavy atom. The Hall–Kier alpha value is -4.30. The van der Waals surface area contributed by atoms with E-state index >= 15 is 0 Å². The number of H-pyrrole nitrogens is 1. The van der Waals surface area contributed by atoms with E-state index in [9.17, 15) is 27.6 Å². The fourth-order valence-corrected chi connectivity index (χ4v) is 8.67. The van der Waals surface area contributed by atoms with Crippen LogP contribution in [0.2, 0.25) is 5.02 Å². The third-order valence-electron chi connectivity index (χ3n) is 11.4. The maximum Gasteiger partial charge on any atom is 0.418 e. The van der Waals surface area contributed by atoms with Gasteiger partial charge < -0.3 is 30.7 Å². The average molecular weight is 741 g/mol. The van der Waals surface area contributed by atoms with Crippen molar-refractivity contribution in [3.63, 3.8) is 0 Å². The number of aromatic amines is 1. The van der Waals surface area contributed by atoms with Gasteiger partial charge in [-0.15, -0.1) is 0 Å². The SMILES string of the molecule is CN1CCC(C2CCN(C(=O)[C@@H](Cc3cc(Cl)c(N)c(C(F)(F)F)c3)NC(=O)N3CCC(n4c(=O)[nH]c5c6ccccc6ncc54)CC3)CC2)CC1. The number of piperidine rings is 3. The molecule has 0 saturated carbocycles. The van der Waals surface area contributed by atoms with Gasteiger partial charge >= 0.3 is 17.9 Å². The predicted octanol–water partition coefficient (Wildman–Crippen LogP) is 5.67. The Balaban J connectivity index is 1.06. The predicted molar refractivity (Wildman–Crippen MR) is 194 cm³/mol. The van der Waals surface area contributed by atoms with Gasteiger partial charge in [-0.2, -0.15) is 13.2 Å². The van der Waals surface area contributed by atoms with E-state index in [2.05, 4.69) is 27.2 Å². The second-order valence-electron chi connectivity index (χ2n) is 14.6. The number of halogens is 4. The van der Waals surface area contributed by atoms with E-state index in [4.69, 9.17) is 17.3 Å². The van der Waals surface area contributed by atoms with Crippen molar-refractivity contribution in [2.75, 3.05) is 52.0 Å². The Morgan fingerprint density at radius 3 is 2.29 bits per heavy atom. The van der Waals surface area contributed by atoms with Gasteiger partial charge in [0.2, 0.25) is 5.91 Å². The molecule has 2 aromatic carbocycles. The van der Waals surface area contributed by atoms with Crippen molar-refractivity contribution in [2.45, 2.75) is 63.2 Å². The van der Waals surface area contributed by atoms with E-state index in [-0.39, 0.29) is 34.6 Å². The molecule has 2 aromatic heterocycles. The van der Waals surface area contributed by atoms with Gasteiger partial charge in [-0.05, 0) is 94.3 Å². The Bertz CT molecular complexity index is 2010. The Kier molecular flexibility index (Phi) is 10.1. The lowest BCUT2D eigenvalue weighted by Gasteiger charge is -2.40. The van der Waals surface area contributed by atoms with Crippen molar-refractivity contribution < 1.29 is 22.8 Å². The number of nitrogens with zero attached hydrogens (tertiary/aromatic N) is 5. The summed E-state index contributed by atoms with van der Waals surface area (Å²) in [5.74, 6) is 0.786. The number of para-hydroxylation sites is 1. The van der Waals surface area contributed by atoms with Crippen LogP contribution in [-0.2, 0) is 17.4 Å². The summed E-state index contributed by atoms with van der Waals surface area (Å²) in [5, 5.41) is 3.45. The van der Waals surface area contributed by atoms with Crippen LogP contribution in [0, 0.1) is 11.8 Å². The first-order valence-corrected chi connectivity index (χ1v) is 18.4. The molecule has 4 aromatic rings. The Labute approximate surface area is 304 Å². The molecule has 0 spiro atoms. The molecule has 3 amide bonds. The van der Waals surface area contributed by atoms with Crippen molar-refractivity contribution in [1.29, 1.82) is 0 Å². The number of rotatable bonds is 6. The number of aromatic nitrogens is 3. The molecule has 7 rings (SSSR count). The first kappa shape index (κ1) is 36.1. The van der Waals surface area contributed by atoms with E-state index in [1.807, 2.05) is 24.3 Å². The number of nitrogen functional groups attached to an aromatic ring is 1. The van der Waals surface area contributed by atoms with E-state index in [0.29, 0.717) is 61.9 Å². The summed E-state index contributed by atoms with van der Waals surface area (Å²) in [5.41, 5.74) is 6.10. The molecule has 3 aliphatic rings. The van der Waals surface area contributed by atoms with Gasteiger partial charge in [-0.25, -0.2) is 9.59 Å². The highest BCUT2D eigenvalue weighted by molar-refractivity contribution is 6.33. The Morgan fingerprint density at radius 2 is 1.62 bits per heavy atom. The number of imidazole rings is 1. The molecule has 11 nitrogen and oxygen atoms in total. The van der Waals surface area contributed by atoms with Gasteiger partial charge in [0.1, 0.15) is 6.04 Å². The zero-order chi connectivity index (χ0) is 36.7. The number of fused-ring (bicyclic) bond motifs is 3. The maximum absolute atomic E-state index is 14.1. The second-order valence-corrected chi connectivity index (χ2v) is 15.0. The number of hydrogen-bond acceptors (Lipinski definition) is 6. The minimum atomic E-state index is -4.75. The normalized spacial score (nSPS) is 19.4. The van der Waals surface area contributed by atoms with Crippen molar-refractivity contribution in [2.24, 2.45) is 11.8 Å². The number of benzene rings is 2. The van der Waals surface area contributed by atoms with E-state index in [1.54, 1.807) is 20.6 Å². The van der Waals surface area contributed by atoms with Crippen LogP contribution >= 0.6 is 11.6 Å². The number of nitrogens with two attached hydrogens (primary N) is 1. The summed E-state index contributed by atoms with van der Waals surface area (Å²) < 4.78 is 43.3. The third-order valence-corrected chi connectivity index (χ3v) is 11.7. The molecule has 15 heteroatoms. The van der Waals surface area contributed by atoms with Gasteiger partial charge in [0.25, 0.3) is 0 Å². The lowest BCUT2D eigenvalue weighted by atomic mass is 9.79. The number of anilines is 1. The molecule has 3 saturated heterocycles. The standard InChI is InChI=1S/C37H44ClF3N8O3/c1-46-12-6-23(7-13-46)24-8-14-47(15-9-24)34(50)30(20-22-18-27(37(39,40)41)32(42)28(38)19-22)44-35(51)48-16-10-25(11-17-48)49-31-21-43-29-5-3-2-4-26(29)33(31)45-36(49)52/h2-5,18-19,21,23-25,30H,6-17,20,42H2,1H3,(H,44,51)(H,45,52)/t30-/m1/s1. The topological polar surface area (TPSA) is 133 Å². The number of pyridine rings is 1. The molecule has 1 atom stereocenters. The number of alkyl halides is 3. The minimum absolute atomic E-state index is 0.143. The summed E-state index contributed by atoms with van der Waals surface area (Å²) in [6.07, 6.45) is 1.68. The molecule has 0 bridgehead atoms. The quantitative estimate of drug-likeness (QED) is 0.219. The van der Waals surface area contributed by atoms with Crippen LogP contribution in [0.1, 0.15) is 55.7 Å². The van der Waals surface area contributed by atoms with Gasteiger partial charge in [0.05, 0.1) is 39.0 Å². The molecular weight excluding hydrogens is 697 g/mol. The largest absolute Gasteiger partial charge is 0.418 e. The number of hydrogen-bond donors (Lipinski definition) is 3.